The predicted octanol–water partition coefficient (Wildman–Crippen LogP) is 5.98. The molecule has 3 aliphatic rings. The van der Waals surface area contributed by atoms with Crippen molar-refractivity contribution in [1.29, 1.82) is 0 Å². The van der Waals surface area contributed by atoms with Gasteiger partial charge in [-0.05, 0) is 66.1 Å². The molecule has 13 nitrogen and oxygen atoms in total. The molecule has 0 radical (unpaired) electrons. The molecule has 5 aromatic rings. The Hall–Kier alpha value is -6.37. The van der Waals surface area contributed by atoms with Gasteiger partial charge in [-0.25, -0.2) is 0 Å². The van der Waals surface area contributed by atoms with Crippen LogP contribution in [0.5, 0.6) is 17.2 Å². The van der Waals surface area contributed by atoms with Crippen molar-refractivity contribution in [3.05, 3.63) is 113 Å². The third kappa shape index (κ3) is 6.61. The summed E-state index contributed by atoms with van der Waals surface area (Å²) >= 11 is 0. The molecule has 1 atom stereocenters. The molecule has 0 bridgehead atoms. The van der Waals surface area contributed by atoms with Crippen molar-refractivity contribution in [3.63, 3.8) is 0 Å². The van der Waals surface area contributed by atoms with E-state index < -0.39 is 29.7 Å². The third-order valence-corrected chi connectivity index (χ3v) is 10.1. The van der Waals surface area contributed by atoms with Crippen molar-refractivity contribution in [1.82, 2.24) is 25.4 Å². The summed E-state index contributed by atoms with van der Waals surface area (Å²) in [5, 5.41) is 13.5. The second-order valence-corrected chi connectivity index (χ2v) is 14.0. The number of hydrogen-bond acceptors (Lipinski definition) is 11. The van der Waals surface area contributed by atoms with Crippen molar-refractivity contribution < 1.29 is 33.1 Å². The van der Waals surface area contributed by atoms with Gasteiger partial charge in [0, 0.05) is 55.6 Å². The number of aryl methyl sites for hydroxylation is 1. The number of benzene rings is 3. The Balaban J connectivity index is 0.839. The van der Waals surface area contributed by atoms with Gasteiger partial charge in [0.25, 0.3) is 17.7 Å². The molecule has 2 aliphatic heterocycles. The number of amides is 4. The summed E-state index contributed by atoms with van der Waals surface area (Å²) < 4.78 is 17.8. The number of hydrogen-bond donors (Lipinski definition) is 2. The van der Waals surface area contributed by atoms with Crippen molar-refractivity contribution in [2.45, 2.75) is 70.1 Å². The van der Waals surface area contributed by atoms with Gasteiger partial charge in [0.2, 0.25) is 17.7 Å². The van der Waals surface area contributed by atoms with Crippen molar-refractivity contribution in [3.8, 4) is 28.8 Å². The van der Waals surface area contributed by atoms with E-state index in [4.69, 9.17) is 13.9 Å². The molecule has 3 aromatic carbocycles. The summed E-state index contributed by atoms with van der Waals surface area (Å²) in [4.78, 5) is 55.4. The van der Waals surface area contributed by atoms with E-state index in [0.717, 1.165) is 34.6 Å². The van der Waals surface area contributed by atoms with E-state index in [9.17, 15) is 19.2 Å². The topological polar surface area (TPSA) is 166 Å². The maximum absolute atomic E-state index is 13.2. The molecule has 13 heteroatoms. The van der Waals surface area contributed by atoms with E-state index in [1.54, 1.807) is 43.5 Å². The highest BCUT2D eigenvalue weighted by Crippen LogP contribution is 2.36. The zero-order chi connectivity index (χ0) is 36.9. The molecule has 4 heterocycles. The zero-order valence-electron chi connectivity index (χ0n) is 29.3. The first-order chi connectivity index (χ1) is 25.5. The van der Waals surface area contributed by atoms with Crippen LogP contribution in [0.3, 0.4) is 0 Å². The van der Waals surface area contributed by atoms with Gasteiger partial charge in [-0.3, -0.25) is 34.4 Å². The van der Waals surface area contributed by atoms with E-state index in [0.29, 0.717) is 34.7 Å². The Kier molecular flexibility index (Phi) is 8.48. The number of ether oxygens (including phenoxy) is 2. The van der Waals surface area contributed by atoms with E-state index in [1.807, 2.05) is 24.3 Å². The minimum Gasteiger partial charge on any atom is -0.490 e. The highest BCUT2D eigenvalue weighted by molar-refractivity contribution is 6.23. The van der Waals surface area contributed by atoms with Gasteiger partial charge < -0.3 is 19.2 Å². The average Bonchev–Trinajstić information content (AvgIpc) is 3.67. The molecule has 0 spiro atoms. The van der Waals surface area contributed by atoms with Crippen molar-refractivity contribution >= 4 is 29.3 Å². The number of piperidine rings is 1. The Bertz CT molecular complexity index is 2240. The third-order valence-electron chi connectivity index (χ3n) is 10.1. The number of carbonyl (C=O) groups is 4. The van der Waals surface area contributed by atoms with E-state index in [2.05, 4.69) is 63.9 Å². The van der Waals surface area contributed by atoms with Gasteiger partial charge in [-0.15, -0.1) is 10.2 Å². The number of aromatic nitrogens is 3. The second-order valence-electron chi connectivity index (χ2n) is 14.0. The molecule has 4 amide bonds. The van der Waals surface area contributed by atoms with Crippen LogP contribution in [0.25, 0.3) is 11.6 Å². The lowest BCUT2D eigenvalue weighted by Crippen LogP contribution is -2.54. The van der Waals surface area contributed by atoms with Crippen LogP contribution in [-0.4, -0.2) is 61.9 Å². The maximum Gasteiger partial charge on any atom is 0.266 e. The first-order valence-corrected chi connectivity index (χ1v) is 17.5. The number of pyridine rings is 1. The molecule has 8 rings (SSSR count). The lowest BCUT2D eigenvalue weighted by atomic mass is 9.78. The van der Waals surface area contributed by atoms with Gasteiger partial charge in [0.1, 0.15) is 35.1 Å². The molecular weight excluding hydrogens is 676 g/mol. The minimum atomic E-state index is -0.990. The summed E-state index contributed by atoms with van der Waals surface area (Å²) in [6.45, 7) is 6.08. The Morgan fingerprint density at radius 1 is 0.830 bits per heavy atom. The number of carbonyl (C=O) groups excluding carboxylic acids is 4. The highest BCUT2D eigenvalue weighted by atomic mass is 16.5. The van der Waals surface area contributed by atoms with Gasteiger partial charge >= 0.3 is 0 Å². The smallest absolute Gasteiger partial charge is 0.266 e. The summed E-state index contributed by atoms with van der Waals surface area (Å²) in [5.74, 6) is 0.825. The molecule has 1 aliphatic carbocycles. The molecule has 53 heavy (non-hydrogen) atoms. The van der Waals surface area contributed by atoms with Crippen LogP contribution in [0.1, 0.15) is 77.3 Å². The summed E-state index contributed by atoms with van der Waals surface area (Å²) in [6, 6.07) is 23.9. The van der Waals surface area contributed by atoms with E-state index in [-0.39, 0.29) is 41.5 Å². The van der Waals surface area contributed by atoms with Crippen LogP contribution >= 0.6 is 0 Å². The van der Waals surface area contributed by atoms with Crippen LogP contribution in [0.2, 0.25) is 0 Å². The fourth-order valence-corrected chi connectivity index (χ4v) is 6.95. The molecule has 268 valence electrons. The van der Waals surface area contributed by atoms with Crippen LogP contribution in [-0.2, 0) is 15.0 Å². The molecule has 1 saturated carbocycles. The van der Waals surface area contributed by atoms with Crippen molar-refractivity contribution in [2.75, 3.05) is 5.32 Å². The lowest BCUT2D eigenvalue weighted by molar-refractivity contribution is -0.136. The first-order valence-electron chi connectivity index (χ1n) is 17.5. The van der Waals surface area contributed by atoms with Crippen LogP contribution in [0.15, 0.2) is 89.5 Å². The Morgan fingerprint density at radius 3 is 2.21 bits per heavy atom. The fourth-order valence-electron chi connectivity index (χ4n) is 6.95. The molecule has 2 aromatic heterocycles. The first kappa shape index (κ1) is 33.8. The molecule has 2 fully saturated rings. The van der Waals surface area contributed by atoms with Crippen LogP contribution in [0.4, 0.5) is 5.69 Å². The Labute approximate surface area is 304 Å². The molecule has 2 N–H and O–H groups in total. The number of imide groups is 2. The fraction of sp³-hybridized carbons (Fsp3) is 0.275. The normalized spacial score (nSPS) is 19.8. The quantitative estimate of drug-likeness (QED) is 0.164. The number of nitrogens with one attached hydrogen (secondary N) is 2. The standard InChI is InChI=1S/C40H36N6O7/c1-22-44-45-37(51-22)33-21-29(16-17-41-33)52-27-9-4-23(5-10-27)40(2,3)24-6-11-28(12-7-24)53-30-18-26(19-30)42-25-8-13-31-32(20-25)39(50)46(38(31)49)34-14-15-35(47)43-36(34)48/h4-13,16-17,20-21,26,30,34,42H,14-15,18-19H2,1-3H3,(H,43,47,48). The molecular formula is C40H36N6O7. The van der Waals surface area contributed by atoms with Gasteiger partial charge in [-0.1, -0.05) is 38.1 Å². The Morgan fingerprint density at radius 2 is 1.53 bits per heavy atom. The molecule has 1 saturated heterocycles. The highest BCUT2D eigenvalue weighted by Gasteiger charge is 2.45. The SMILES string of the molecule is Cc1nnc(-c2cc(Oc3ccc(C(C)(C)c4ccc(OC5CC(Nc6ccc7c(c6)C(=O)N(C6CCC(=O)NC6=O)C7=O)C5)cc4)cc3)ccn2)o1. The van der Waals surface area contributed by atoms with Gasteiger partial charge in [-0.2, -0.15) is 0 Å². The summed E-state index contributed by atoms with van der Waals surface area (Å²) in [7, 11) is 0. The summed E-state index contributed by atoms with van der Waals surface area (Å²) in [6.07, 6.45) is 3.41. The van der Waals surface area contributed by atoms with Crippen LogP contribution < -0.4 is 20.1 Å². The number of anilines is 1. The second kappa shape index (κ2) is 13.3. The predicted molar refractivity (Wildman–Crippen MR) is 192 cm³/mol. The monoisotopic (exact) mass is 712 g/mol. The van der Waals surface area contributed by atoms with Gasteiger partial charge in [0.05, 0.1) is 11.1 Å². The van der Waals surface area contributed by atoms with Gasteiger partial charge in [0.15, 0.2) is 0 Å². The van der Waals surface area contributed by atoms with Crippen LogP contribution in [0, 0.1) is 6.92 Å². The minimum absolute atomic E-state index is 0.0344. The van der Waals surface area contributed by atoms with E-state index in [1.165, 1.54) is 0 Å². The average molecular weight is 713 g/mol. The van der Waals surface area contributed by atoms with E-state index >= 15 is 0 Å². The lowest BCUT2D eigenvalue weighted by Gasteiger charge is -2.36. The summed E-state index contributed by atoms with van der Waals surface area (Å²) in [5.41, 5.74) is 3.75. The maximum atomic E-state index is 13.2. The number of fused-ring (bicyclic) bond motifs is 1. The molecule has 1 unspecified atom stereocenters. The zero-order valence-corrected chi connectivity index (χ0v) is 29.3. The number of nitrogens with zero attached hydrogens (tertiary/aromatic N) is 4. The van der Waals surface area contributed by atoms with Crippen molar-refractivity contribution in [2.24, 2.45) is 0 Å². The number of rotatable bonds is 10. The largest absolute Gasteiger partial charge is 0.490 e.